The van der Waals surface area contributed by atoms with E-state index in [-0.39, 0.29) is 11.6 Å². The molecule has 0 bridgehead atoms. The number of nitrogens with one attached hydrogen (secondary N) is 1. The Hall–Kier alpha value is -2.40. The second kappa shape index (κ2) is 6.37. The van der Waals surface area contributed by atoms with Gasteiger partial charge in [-0.1, -0.05) is 29.8 Å². The number of anilines is 1. The van der Waals surface area contributed by atoms with Crippen LogP contribution in [0.4, 0.5) is 11.4 Å². The van der Waals surface area contributed by atoms with Gasteiger partial charge < -0.3 is 5.32 Å². The summed E-state index contributed by atoms with van der Waals surface area (Å²) in [7, 11) is 0. The number of non-ortho nitro benzene ring substituents is 1. The highest BCUT2D eigenvalue weighted by molar-refractivity contribution is 6.30. The molecule has 0 fully saturated rings. The molecule has 2 aromatic rings. The molecule has 1 atom stereocenters. The number of nitrogens with zero attached hydrogens (tertiary/aromatic N) is 1. The quantitative estimate of drug-likeness (QED) is 0.685. The average Bonchev–Trinajstić information content (AvgIpc) is 2.46. The fraction of sp³-hybridized carbons (Fsp3) is 0.133. The molecule has 0 aliphatic rings. The summed E-state index contributed by atoms with van der Waals surface area (Å²) in [5.41, 5.74) is 1.32. The normalized spacial score (nSPS) is 11.7. The Morgan fingerprint density at radius 1 is 1.24 bits per heavy atom. The Morgan fingerprint density at radius 3 is 2.48 bits per heavy atom. The van der Waals surface area contributed by atoms with Crippen molar-refractivity contribution in [3.05, 3.63) is 69.2 Å². The molecule has 2 rings (SSSR count). The van der Waals surface area contributed by atoms with Gasteiger partial charge in [0.15, 0.2) is 0 Å². The van der Waals surface area contributed by atoms with Crippen molar-refractivity contribution in [1.29, 1.82) is 0 Å². The van der Waals surface area contributed by atoms with Crippen LogP contribution >= 0.6 is 11.6 Å². The summed E-state index contributed by atoms with van der Waals surface area (Å²) in [5, 5.41) is 13.9. The first-order valence-electron chi connectivity index (χ1n) is 6.28. The SMILES string of the molecule is CC(C(=O)Nc1cccc(Cl)c1)c1ccc([N+](=O)[O-])cc1. The third kappa shape index (κ3) is 3.79. The highest BCUT2D eigenvalue weighted by Gasteiger charge is 2.16. The van der Waals surface area contributed by atoms with Crippen molar-refractivity contribution in [2.45, 2.75) is 12.8 Å². The molecule has 108 valence electrons. The van der Waals surface area contributed by atoms with Crippen LogP contribution in [0.25, 0.3) is 0 Å². The van der Waals surface area contributed by atoms with E-state index in [0.29, 0.717) is 16.3 Å². The van der Waals surface area contributed by atoms with Gasteiger partial charge in [-0.15, -0.1) is 0 Å². The average molecular weight is 305 g/mol. The van der Waals surface area contributed by atoms with Crippen molar-refractivity contribution in [2.24, 2.45) is 0 Å². The highest BCUT2D eigenvalue weighted by Crippen LogP contribution is 2.22. The fourth-order valence-corrected chi connectivity index (χ4v) is 2.04. The molecule has 1 amide bonds. The summed E-state index contributed by atoms with van der Waals surface area (Å²) in [6.07, 6.45) is 0. The van der Waals surface area contributed by atoms with Crippen molar-refractivity contribution < 1.29 is 9.72 Å². The summed E-state index contributed by atoms with van der Waals surface area (Å²) in [6.45, 7) is 1.74. The fourth-order valence-electron chi connectivity index (χ4n) is 1.85. The lowest BCUT2D eigenvalue weighted by Crippen LogP contribution is -2.18. The van der Waals surface area contributed by atoms with Crippen molar-refractivity contribution >= 4 is 28.9 Å². The molecule has 5 nitrogen and oxygen atoms in total. The topological polar surface area (TPSA) is 72.2 Å². The first-order valence-corrected chi connectivity index (χ1v) is 6.66. The Kier molecular flexibility index (Phi) is 4.55. The molecule has 0 saturated carbocycles. The minimum atomic E-state index is -0.472. The van der Waals surface area contributed by atoms with E-state index in [4.69, 9.17) is 11.6 Å². The molecular weight excluding hydrogens is 292 g/mol. The van der Waals surface area contributed by atoms with E-state index in [2.05, 4.69) is 5.32 Å². The predicted molar refractivity (Wildman–Crippen MR) is 81.6 cm³/mol. The molecule has 0 spiro atoms. The Morgan fingerprint density at radius 2 is 1.90 bits per heavy atom. The van der Waals surface area contributed by atoms with Gasteiger partial charge in [-0.05, 0) is 30.7 Å². The van der Waals surface area contributed by atoms with Crippen molar-refractivity contribution in [3.8, 4) is 0 Å². The molecular formula is C15H13ClN2O3. The molecule has 21 heavy (non-hydrogen) atoms. The zero-order valence-corrected chi connectivity index (χ0v) is 12.0. The number of carbonyl (C=O) groups is 1. The molecule has 0 aliphatic heterocycles. The maximum absolute atomic E-state index is 12.2. The maximum atomic E-state index is 12.2. The maximum Gasteiger partial charge on any atom is 0.269 e. The van der Waals surface area contributed by atoms with E-state index in [1.54, 1.807) is 43.3 Å². The number of nitro groups is 1. The van der Waals surface area contributed by atoms with Gasteiger partial charge >= 0.3 is 0 Å². The minimum Gasteiger partial charge on any atom is -0.326 e. The van der Waals surface area contributed by atoms with Crippen LogP contribution in [0.5, 0.6) is 0 Å². The van der Waals surface area contributed by atoms with Gasteiger partial charge in [-0.2, -0.15) is 0 Å². The molecule has 6 heteroatoms. The van der Waals surface area contributed by atoms with Gasteiger partial charge in [0.05, 0.1) is 10.8 Å². The minimum absolute atomic E-state index is 0.00111. The van der Waals surface area contributed by atoms with Crippen LogP contribution in [0.1, 0.15) is 18.4 Å². The van der Waals surface area contributed by atoms with Crippen LogP contribution in [0.15, 0.2) is 48.5 Å². The lowest BCUT2D eigenvalue weighted by Gasteiger charge is -2.12. The number of nitro benzene ring substituents is 1. The molecule has 1 N–H and O–H groups in total. The largest absolute Gasteiger partial charge is 0.326 e. The first-order chi connectivity index (χ1) is 9.97. The Labute approximate surface area is 126 Å². The van der Waals surface area contributed by atoms with Gasteiger partial charge in [0.25, 0.3) is 5.69 Å². The summed E-state index contributed by atoms with van der Waals surface area (Å²) in [6, 6.07) is 12.8. The van der Waals surface area contributed by atoms with E-state index in [9.17, 15) is 14.9 Å². The number of halogens is 1. The predicted octanol–water partition coefficient (Wildman–Crippen LogP) is 3.99. The van der Waals surface area contributed by atoms with Crippen LogP contribution in [0.2, 0.25) is 5.02 Å². The van der Waals surface area contributed by atoms with Crippen molar-refractivity contribution in [3.63, 3.8) is 0 Å². The lowest BCUT2D eigenvalue weighted by atomic mass is 10.00. The first kappa shape index (κ1) is 15.0. The van der Waals surface area contributed by atoms with Crippen molar-refractivity contribution in [2.75, 3.05) is 5.32 Å². The third-order valence-electron chi connectivity index (χ3n) is 3.09. The van der Waals surface area contributed by atoms with Gasteiger partial charge in [-0.3, -0.25) is 14.9 Å². The van der Waals surface area contributed by atoms with Crippen molar-refractivity contribution in [1.82, 2.24) is 0 Å². The molecule has 1 unspecified atom stereocenters. The monoisotopic (exact) mass is 304 g/mol. The molecule has 0 saturated heterocycles. The van der Waals surface area contributed by atoms with E-state index in [1.807, 2.05) is 0 Å². The lowest BCUT2D eigenvalue weighted by molar-refractivity contribution is -0.384. The van der Waals surface area contributed by atoms with E-state index in [1.165, 1.54) is 12.1 Å². The van der Waals surface area contributed by atoms with Crippen LogP contribution in [-0.2, 0) is 4.79 Å². The van der Waals surface area contributed by atoms with Gasteiger partial charge in [0, 0.05) is 22.8 Å². The number of hydrogen-bond acceptors (Lipinski definition) is 3. The third-order valence-corrected chi connectivity index (χ3v) is 3.32. The van der Waals surface area contributed by atoms with Crippen LogP contribution < -0.4 is 5.32 Å². The number of amides is 1. The van der Waals surface area contributed by atoms with E-state index < -0.39 is 10.8 Å². The Bertz CT molecular complexity index is 671. The highest BCUT2D eigenvalue weighted by atomic mass is 35.5. The molecule has 2 aromatic carbocycles. The van der Waals surface area contributed by atoms with Crippen LogP contribution in [0, 0.1) is 10.1 Å². The number of benzene rings is 2. The number of hydrogen-bond donors (Lipinski definition) is 1. The zero-order valence-electron chi connectivity index (χ0n) is 11.2. The Balaban J connectivity index is 2.10. The number of rotatable bonds is 4. The summed E-state index contributed by atoms with van der Waals surface area (Å²) in [4.78, 5) is 22.3. The molecule has 0 aliphatic carbocycles. The smallest absolute Gasteiger partial charge is 0.269 e. The molecule has 0 heterocycles. The molecule has 0 aromatic heterocycles. The second-order valence-electron chi connectivity index (χ2n) is 4.57. The second-order valence-corrected chi connectivity index (χ2v) is 5.01. The van der Waals surface area contributed by atoms with Gasteiger partial charge in [-0.25, -0.2) is 0 Å². The van der Waals surface area contributed by atoms with Crippen LogP contribution in [-0.4, -0.2) is 10.8 Å². The molecule has 0 radical (unpaired) electrons. The number of carbonyl (C=O) groups excluding carboxylic acids is 1. The summed E-state index contributed by atoms with van der Waals surface area (Å²) >= 11 is 5.86. The standard InChI is InChI=1S/C15H13ClN2O3/c1-10(11-5-7-14(8-6-11)18(20)21)15(19)17-13-4-2-3-12(16)9-13/h2-10H,1H3,(H,17,19). The summed E-state index contributed by atoms with van der Waals surface area (Å²) < 4.78 is 0. The van der Waals surface area contributed by atoms with E-state index >= 15 is 0 Å². The van der Waals surface area contributed by atoms with Gasteiger partial charge in [0.1, 0.15) is 0 Å². The van der Waals surface area contributed by atoms with Crippen LogP contribution in [0.3, 0.4) is 0 Å². The van der Waals surface area contributed by atoms with E-state index in [0.717, 1.165) is 0 Å². The zero-order chi connectivity index (χ0) is 15.4. The van der Waals surface area contributed by atoms with Gasteiger partial charge in [0.2, 0.25) is 5.91 Å². The summed E-state index contributed by atoms with van der Waals surface area (Å²) in [5.74, 6) is -0.629.